The standard InChI is InChI=1S/C16H32N2O2S/c1-6-8-16(9-7-2,13(17)21)14(19)18-12-15(3,4)10-11-20-5/h6-12H2,1-5H3,(H2,17,21)(H,18,19). The minimum Gasteiger partial charge on any atom is -0.392 e. The Balaban J connectivity index is 4.86. The Morgan fingerprint density at radius 2 is 1.71 bits per heavy atom. The Morgan fingerprint density at radius 3 is 2.10 bits per heavy atom. The average molecular weight is 317 g/mol. The second-order valence-electron chi connectivity index (χ2n) is 6.54. The highest BCUT2D eigenvalue weighted by Crippen LogP contribution is 2.31. The first-order valence-corrected chi connectivity index (χ1v) is 8.23. The van der Waals surface area contributed by atoms with Crippen LogP contribution in [0.5, 0.6) is 0 Å². The van der Waals surface area contributed by atoms with E-state index in [1.165, 1.54) is 0 Å². The molecule has 4 nitrogen and oxygen atoms in total. The van der Waals surface area contributed by atoms with Crippen LogP contribution in [-0.4, -0.2) is 31.2 Å². The topological polar surface area (TPSA) is 64.3 Å². The third-order valence-electron chi connectivity index (χ3n) is 3.97. The van der Waals surface area contributed by atoms with Gasteiger partial charge in [0.25, 0.3) is 0 Å². The largest absolute Gasteiger partial charge is 0.392 e. The summed E-state index contributed by atoms with van der Waals surface area (Å²) in [7, 11) is 1.69. The number of hydrogen-bond donors (Lipinski definition) is 2. The molecule has 0 saturated carbocycles. The third kappa shape index (κ3) is 6.30. The van der Waals surface area contributed by atoms with Crippen molar-refractivity contribution < 1.29 is 9.53 Å². The van der Waals surface area contributed by atoms with Gasteiger partial charge in [0.1, 0.15) is 0 Å². The lowest BCUT2D eigenvalue weighted by Gasteiger charge is -2.33. The van der Waals surface area contributed by atoms with Gasteiger partial charge in [-0.25, -0.2) is 0 Å². The van der Waals surface area contributed by atoms with Gasteiger partial charge in [0.15, 0.2) is 0 Å². The quantitative estimate of drug-likeness (QED) is 0.575. The maximum absolute atomic E-state index is 12.7. The van der Waals surface area contributed by atoms with Crippen LogP contribution in [0.1, 0.15) is 59.8 Å². The Hall–Kier alpha value is -0.680. The predicted molar refractivity (Wildman–Crippen MR) is 92.3 cm³/mol. The number of nitrogens with one attached hydrogen (secondary N) is 1. The maximum Gasteiger partial charge on any atom is 0.233 e. The van der Waals surface area contributed by atoms with Crippen molar-refractivity contribution in [3.63, 3.8) is 0 Å². The lowest BCUT2D eigenvalue weighted by molar-refractivity contribution is -0.128. The molecule has 124 valence electrons. The van der Waals surface area contributed by atoms with Crippen LogP contribution in [0.15, 0.2) is 0 Å². The molecule has 0 radical (unpaired) electrons. The summed E-state index contributed by atoms with van der Waals surface area (Å²) in [4.78, 5) is 13.0. The van der Waals surface area contributed by atoms with Crippen molar-refractivity contribution in [2.45, 2.75) is 59.8 Å². The van der Waals surface area contributed by atoms with Crippen LogP contribution in [0.25, 0.3) is 0 Å². The zero-order valence-corrected chi connectivity index (χ0v) is 15.1. The van der Waals surface area contributed by atoms with Gasteiger partial charge in [0, 0.05) is 20.3 Å². The summed E-state index contributed by atoms with van der Waals surface area (Å²) in [5, 5.41) is 3.06. The van der Waals surface area contributed by atoms with Crippen molar-refractivity contribution in [1.82, 2.24) is 5.32 Å². The molecular formula is C16H32N2O2S. The molecule has 21 heavy (non-hydrogen) atoms. The number of rotatable bonds is 11. The van der Waals surface area contributed by atoms with Gasteiger partial charge < -0.3 is 15.8 Å². The monoisotopic (exact) mass is 316 g/mol. The summed E-state index contributed by atoms with van der Waals surface area (Å²) < 4.78 is 5.11. The molecule has 0 bridgehead atoms. The number of methoxy groups -OCH3 is 1. The fourth-order valence-corrected chi connectivity index (χ4v) is 2.82. The molecule has 0 spiro atoms. The van der Waals surface area contributed by atoms with Gasteiger partial charge in [-0.15, -0.1) is 0 Å². The second kappa shape index (κ2) is 9.36. The van der Waals surface area contributed by atoms with Crippen LogP contribution in [0, 0.1) is 10.8 Å². The fraction of sp³-hybridized carbons (Fsp3) is 0.875. The van der Waals surface area contributed by atoms with Gasteiger partial charge in [0.05, 0.1) is 10.4 Å². The molecule has 0 fully saturated rings. The molecule has 0 aromatic rings. The van der Waals surface area contributed by atoms with E-state index < -0.39 is 5.41 Å². The minimum absolute atomic E-state index is 0.00788. The van der Waals surface area contributed by atoms with E-state index in [4.69, 9.17) is 22.7 Å². The predicted octanol–water partition coefficient (Wildman–Crippen LogP) is 3.04. The molecule has 0 aromatic heterocycles. The lowest BCUT2D eigenvalue weighted by Crippen LogP contribution is -2.50. The maximum atomic E-state index is 12.7. The molecule has 3 N–H and O–H groups in total. The zero-order valence-electron chi connectivity index (χ0n) is 14.3. The zero-order chi connectivity index (χ0) is 16.5. The highest BCUT2D eigenvalue weighted by atomic mass is 32.1. The van der Waals surface area contributed by atoms with Gasteiger partial charge in [0.2, 0.25) is 5.91 Å². The van der Waals surface area contributed by atoms with Gasteiger partial charge in [-0.05, 0) is 24.7 Å². The van der Waals surface area contributed by atoms with E-state index >= 15 is 0 Å². The average Bonchev–Trinajstić information content (AvgIpc) is 2.42. The van der Waals surface area contributed by atoms with E-state index in [2.05, 4.69) is 33.0 Å². The van der Waals surface area contributed by atoms with E-state index in [1.807, 2.05) is 0 Å². The van der Waals surface area contributed by atoms with Crippen molar-refractivity contribution in [2.75, 3.05) is 20.3 Å². The van der Waals surface area contributed by atoms with E-state index in [1.54, 1.807) is 7.11 Å². The Morgan fingerprint density at radius 1 is 1.19 bits per heavy atom. The molecule has 0 aliphatic carbocycles. The number of carbonyl (C=O) groups excluding carboxylic acids is 1. The molecule has 0 rings (SSSR count). The number of nitrogens with two attached hydrogens (primary N) is 1. The Labute approximate surface area is 135 Å². The molecule has 5 heteroatoms. The Kier molecular flexibility index (Phi) is 9.06. The smallest absolute Gasteiger partial charge is 0.233 e. The van der Waals surface area contributed by atoms with Crippen molar-refractivity contribution in [3.8, 4) is 0 Å². The second-order valence-corrected chi connectivity index (χ2v) is 6.98. The number of hydrogen-bond acceptors (Lipinski definition) is 3. The number of carbonyl (C=O) groups is 1. The van der Waals surface area contributed by atoms with Crippen molar-refractivity contribution in [2.24, 2.45) is 16.6 Å². The van der Waals surface area contributed by atoms with E-state index in [-0.39, 0.29) is 11.3 Å². The van der Waals surface area contributed by atoms with E-state index in [0.717, 1.165) is 19.3 Å². The van der Waals surface area contributed by atoms with Crippen LogP contribution in [0.3, 0.4) is 0 Å². The molecule has 0 aliphatic heterocycles. The highest BCUT2D eigenvalue weighted by Gasteiger charge is 2.40. The van der Waals surface area contributed by atoms with Gasteiger partial charge in [-0.2, -0.15) is 0 Å². The van der Waals surface area contributed by atoms with Crippen LogP contribution >= 0.6 is 12.2 Å². The van der Waals surface area contributed by atoms with Gasteiger partial charge in [-0.3, -0.25) is 4.79 Å². The van der Waals surface area contributed by atoms with Crippen molar-refractivity contribution in [1.29, 1.82) is 0 Å². The molecule has 0 aliphatic rings. The number of thiocarbonyl (C=S) groups is 1. The summed E-state index contributed by atoms with van der Waals surface area (Å²) in [6.45, 7) is 9.64. The van der Waals surface area contributed by atoms with E-state index in [0.29, 0.717) is 31.0 Å². The summed E-state index contributed by atoms with van der Waals surface area (Å²) in [5.41, 5.74) is 5.21. The molecule has 0 unspecified atom stereocenters. The third-order valence-corrected chi connectivity index (χ3v) is 4.36. The van der Waals surface area contributed by atoms with E-state index in [9.17, 15) is 4.79 Å². The molecular weight excluding hydrogens is 284 g/mol. The van der Waals surface area contributed by atoms with Crippen LogP contribution in [0.4, 0.5) is 0 Å². The molecule has 0 atom stereocenters. The number of ether oxygens (including phenoxy) is 1. The minimum atomic E-state index is -0.698. The summed E-state index contributed by atoms with van der Waals surface area (Å²) in [5.74, 6) is -0.0239. The summed E-state index contributed by atoms with van der Waals surface area (Å²) in [6, 6.07) is 0. The highest BCUT2D eigenvalue weighted by molar-refractivity contribution is 7.80. The number of amides is 1. The molecule has 1 amide bonds. The molecule has 0 aromatic carbocycles. The normalized spacial score (nSPS) is 12.2. The lowest BCUT2D eigenvalue weighted by atomic mass is 9.77. The summed E-state index contributed by atoms with van der Waals surface area (Å²) in [6.07, 6.45) is 4.09. The first-order chi connectivity index (χ1) is 9.75. The summed E-state index contributed by atoms with van der Waals surface area (Å²) >= 11 is 5.21. The van der Waals surface area contributed by atoms with Crippen LogP contribution in [-0.2, 0) is 9.53 Å². The molecule has 0 heterocycles. The van der Waals surface area contributed by atoms with Crippen molar-refractivity contribution >= 4 is 23.1 Å². The fourth-order valence-electron chi connectivity index (χ4n) is 2.52. The first kappa shape index (κ1) is 20.3. The van der Waals surface area contributed by atoms with Gasteiger partial charge >= 0.3 is 0 Å². The van der Waals surface area contributed by atoms with Crippen LogP contribution in [0.2, 0.25) is 0 Å². The van der Waals surface area contributed by atoms with Crippen molar-refractivity contribution in [3.05, 3.63) is 0 Å². The molecule has 0 saturated heterocycles. The first-order valence-electron chi connectivity index (χ1n) is 7.83. The SMILES string of the molecule is CCCC(CCC)(C(=O)NCC(C)(C)CCOC)C(N)=S. The Bertz CT molecular complexity index is 337. The van der Waals surface area contributed by atoms with Crippen LogP contribution < -0.4 is 11.1 Å². The van der Waals surface area contributed by atoms with Gasteiger partial charge in [-0.1, -0.05) is 52.8 Å².